The number of unbranched alkanes of at least 4 members (excludes halogenated alkanes) is 2. The van der Waals surface area contributed by atoms with Crippen LogP contribution in [0.15, 0.2) is 24.3 Å². The number of hydrogen-bond acceptors (Lipinski definition) is 4. The molecular weight excluding hydrogens is 311 g/mol. The number of carbonyl (C=O) groups is 2. The van der Waals surface area contributed by atoms with Crippen LogP contribution in [0.4, 0.5) is 4.39 Å². The van der Waals surface area contributed by atoms with Gasteiger partial charge in [-0.1, -0.05) is 38.7 Å². The maximum Gasteiger partial charge on any atom is 0.315 e. The van der Waals surface area contributed by atoms with E-state index in [-0.39, 0.29) is 11.7 Å². The lowest BCUT2D eigenvalue weighted by molar-refractivity contribution is -0.158. The molecule has 0 heterocycles. The summed E-state index contributed by atoms with van der Waals surface area (Å²) >= 11 is 0. The first-order chi connectivity index (χ1) is 11.6. The number of rotatable bonds is 7. The molecule has 0 N–H and O–H groups in total. The third-order valence-electron chi connectivity index (χ3n) is 4.38. The standard InChI is InChI=1S/C19H25FO4/c1-2-3-6-12-23-18(21)16-10-4-5-11-17(16)19(22)24-15-9-7-8-14(20)13-15/h7-9,13,16-17H,2-6,10-12H2,1H3. The Hall–Kier alpha value is -1.91. The van der Waals surface area contributed by atoms with Crippen LogP contribution in [0, 0.1) is 17.7 Å². The Morgan fingerprint density at radius 3 is 2.50 bits per heavy atom. The molecule has 2 atom stereocenters. The molecule has 5 heteroatoms. The fourth-order valence-electron chi connectivity index (χ4n) is 3.05. The van der Waals surface area contributed by atoms with Crippen molar-refractivity contribution in [2.45, 2.75) is 51.9 Å². The lowest BCUT2D eigenvalue weighted by Gasteiger charge is -2.28. The molecule has 0 radical (unpaired) electrons. The summed E-state index contributed by atoms with van der Waals surface area (Å²) in [5, 5.41) is 0. The van der Waals surface area contributed by atoms with E-state index in [1.807, 2.05) is 0 Å². The minimum atomic E-state index is -0.513. The molecule has 132 valence electrons. The van der Waals surface area contributed by atoms with Gasteiger partial charge in [0.15, 0.2) is 0 Å². The van der Waals surface area contributed by atoms with Crippen molar-refractivity contribution in [2.24, 2.45) is 11.8 Å². The van der Waals surface area contributed by atoms with Gasteiger partial charge in [-0.2, -0.15) is 0 Å². The van der Waals surface area contributed by atoms with Gasteiger partial charge in [-0.3, -0.25) is 9.59 Å². The third-order valence-corrected chi connectivity index (χ3v) is 4.38. The number of carbonyl (C=O) groups excluding carboxylic acids is 2. The molecule has 0 bridgehead atoms. The maximum absolute atomic E-state index is 13.2. The monoisotopic (exact) mass is 336 g/mol. The maximum atomic E-state index is 13.2. The highest BCUT2D eigenvalue weighted by molar-refractivity contribution is 5.83. The number of halogens is 1. The van der Waals surface area contributed by atoms with Gasteiger partial charge < -0.3 is 9.47 Å². The quantitative estimate of drug-likeness (QED) is 0.424. The van der Waals surface area contributed by atoms with Gasteiger partial charge in [0, 0.05) is 6.07 Å². The van der Waals surface area contributed by atoms with Crippen LogP contribution in [-0.2, 0) is 14.3 Å². The molecule has 2 rings (SSSR count). The molecule has 1 aliphatic carbocycles. The fraction of sp³-hybridized carbons (Fsp3) is 0.579. The molecular formula is C19H25FO4. The van der Waals surface area contributed by atoms with E-state index in [1.54, 1.807) is 0 Å². The summed E-state index contributed by atoms with van der Waals surface area (Å²) in [6.45, 7) is 2.48. The van der Waals surface area contributed by atoms with E-state index in [0.717, 1.165) is 32.1 Å². The van der Waals surface area contributed by atoms with Crippen molar-refractivity contribution >= 4 is 11.9 Å². The Morgan fingerprint density at radius 1 is 1.12 bits per heavy atom. The summed E-state index contributed by atoms with van der Waals surface area (Å²) in [6.07, 6.45) is 5.93. The zero-order chi connectivity index (χ0) is 17.4. The van der Waals surface area contributed by atoms with Gasteiger partial charge in [-0.25, -0.2) is 4.39 Å². The van der Waals surface area contributed by atoms with Crippen LogP contribution in [0.1, 0.15) is 51.9 Å². The predicted molar refractivity (Wildman–Crippen MR) is 88.0 cm³/mol. The number of ether oxygens (including phenoxy) is 2. The molecule has 0 spiro atoms. The topological polar surface area (TPSA) is 52.6 Å². The van der Waals surface area contributed by atoms with Crippen molar-refractivity contribution in [2.75, 3.05) is 6.61 Å². The van der Waals surface area contributed by atoms with Crippen LogP contribution in [-0.4, -0.2) is 18.5 Å². The normalized spacial score (nSPS) is 20.4. The molecule has 1 aromatic rings. The molecule has 1 saturated carbocycles. The lowest BCUT2D eigenvalue weighted by atomic mass is 9.79. The highest BCUT2D eigenvalue weighted by Crippen LogP contribution is 2.32. The molecule has 0 amide bonds. The number of esters is 2. The SMILES string of the molecule is CCCCCOC(=O)C1CCCCC1C(=O)Oc1cccc(F)c1. The van der Waals surface area contributed by atoms with Crippen LogP contribution in [0.25, 0.3) is 0 Å². The molecule has 0 aliphatic heterocycles. The van der Waals surface area contributed by atoms with Crippen molar-refractivity contribution in [3.63, 3.8) is 0 Å². The van der Waals surface area contributed by atoms with Gasteiger partial charge in [0.25, 0.3) is 0 Å². The second-order valence-electron chi connectivity index (χ2n) is 6.25. The second kappa shape index (κ2) is 9.40. The first-order valence-corrected chi connectivity index (χ1v) is 8.75. The van der Waals surface area contributed by atoms with Gasteiger partial charge in [0.05, 0.1) is 18.4 Å². The number of hydrogen-bond donors (Lipinski definition) is 0. The van der Waals surface area contributed by atoms with Gasteiger partial charge in [-0.05, 0) is 31.4 Å². The highest BCUT2D eigenvalue weighted by atomic mass is 19.1. The summed E-state index contributed by atoms with van der Waals surface area (Å²) in [6, 6.07) is 5.47. The Labute approximate surface area is 142 Å². The molecule has 1 fully saturated rings. The smallest absolute Gasteiger partial charge is 0.315 e. The van der Waals surface area contributed by atoms with Crippen LogP contribution >= 0.6 is 0 Å². The Kier molecular flexibility index (Phi) is 7.22. The highest BCUT2D eigenvalue weighted by Gasteiger charge is 2.38. The van der Waals surface area contributed by atoms with E-state index >= 15 is 0 Å². The van der Waals surface area contributed by atoms with E-state index in [0.29, 0.717) is 19.4 Å². The molecule has 1 aromatic carbocycles. The molecule has 24 heavy (non-hydrogen) atoms. The predicted octanol–water partition coefficient (Wildman–Crippen LogP) is 4.27. The average Bonchev–Trinajstić information content (AvgIpc) is 2.58. The van der Waals surface area contributed by atoms with Crippen molar-refractivity contribution in [3.8, 4) is 5.75 Å². The summed E-state index contributed by atoms with van der Waals surface area (Å²) in [7, 11) is 0. The lowest BCUT2D eigenvalue weighted by Crippen LogP contribution is -2.36. The largest absolute Gasteiger partial charge is 0.465 e. The molecule has 0 saturated heterocycles. The molecule has 4 nitrogen and oxygen atoms in total. The summed E-state index contributed by atoms with van der Waals surface area (Å²) in [4.78, 5) is 24.7. The van der Waals surface area contributed by atoms with Crippen LogP contribution in [0.3, 0.4) is 0 Å². The zero-order valence-electron chi connectivity index (χ0n) is 14.1. The van der Waals surface area contributed by atoms with Crippen molar-refractivity contribution < 1.29 is 23.5 Å². The van der Waals surface area contributed by atoms with Gasteiger partial charge in [-0.15, -0.1) is 0 Å². The first-order valence-electron chi connectivity index (χ1n) is 8.75. The van der Waals surface area contributed by atoms with Crippen molar-refractivity contribution in [1.29, 1.82) is 0 Å². The Morgan fingerprint density at radius 2 is 1.83 bits per heavy atom. The Balaban J connectivity index is 1.94. The summed E-state index contributed by atoms with van der Waals surface area (Å²) in [5.74, 6) is -2.05. The molecule has 1 aliphatic rings. The van der Waals surface area contributed by atoms with Gasteiger partial charge in [0.2, 0.25) is 0 Å². The second-order valence-corrected chi connectivity index (χ2v) is 6.25. The Bertz CT molecular complexity index is 558. The van der Waals surface area contributed by atoms with E-state index in [9.17, 15) is 14.0 Å². The average molecular weight is 336 g/mol. The van der Waals surface area contributed by atoms with E-state index < -0.39 is 23.6 Å². The minimum absolute atomic E-state index is 0.167. The third kappa shape index (κ3) is 5.32. The minimum Gasteiger partial charge on any atom is -0.465 e. The van der Waals surface area contributed by atoms with Crippen LogP contribution in [0.2, 0.25) is 0 Å². The van der Waals surface area contributed by atoms with E-state index in [1.165, 1.54) is 24.3 Å². The molecule has 0 aromatic heterocycles. The van der Waals surface area contributed by atoms with E-state index in [4.69, 9.17) is 9.47 Å². The summed E-state index contributed by atoms with van der Waals surface area (Å²) in [5.41, 5.74) is 0. The number of benzene rings is 1. The van der Waals surface area contributed by atoms with E-state index in [2.05, 4.69) is 6.92 Å². The van der Waals surface area contributed by atoms with Crippen molar-refractivity contribution in [1.82, 2.24) is 0 Å². The van der Waals surface area contributed by atoms with Crippen molar-refractivity contribution in [3.05, 3.63) is 30.1 Å². The van der Waals surface area contributed by atoms with Crippen LogP contribution < -0.4 is 4.74 Å². The fourth-order valence-corrected chi connectivity index (χ4v) is 3.05. The first kappa shape index (κ1) is 18.4. The molecule has 2 unspecified atom stereocenters. The van der Waals surface area contributed by atoms with Gasteiger partial charge in [0.1, 0.15) is 11.6 Å². The zero-order valence-corrected chi connectivity index (χ0v) is 14.1. The van der Waals surface area contributed by atoms with Crippen LogP contribution in [0.5, 0.6) is 5.75 Å². The van der Waals surface area contributed by atoms with Gasteiger partial charge >= 0.3 is 11.9 Å². The summed E-state index contributed by atoms with van der Waals surface area (Å²) < 4.78 is 23.8.